The van der Waals surface area contributed by atoms with Crippen LogP contribution in [0.3, 0.4) is 0 Å². The number of hydrogen-bond acceptors (Lipinski definition) is 5. The minimum atomic E-state index is -4.36. The van der Waals surface area contributed by atoms with Gasteiger partial charge in [-0.1, -0.05) is 31.5 Å². The fraction of sp³-hybridized carbons (Fsp3) is 0.538. The van der Waals surface area contributed by atoms with Crippen molar-refractivity contribution in [1.82, 2.24) is 25.8 Å². The molecule has 0 saturated heterocycles. The number of benzene rings is 1. The second-order valence-electron chi connectivity index (χ2n) is 9.78. The quantitative estimate of drug-likeness (QED) is 0.288. The number of hydrogen-bond donors (Lipinski definition) is 3. The molecular weight excluding hydrogens is 525 g/mol. The zero-order valence-corrected chi connectivity index (χ0v) is 21.8. The van der Waals surface area contributed by atoms with Gasteiger partial charge in [0, 0.05) is 31.7 Å². The number of rotatable bonds is 8. The van der Waals surface area contributed by atoms with Crippen LogP contribution in [0, 0.1) is 0 Å². The molecule has 1 aromatic carbocycles. The second-order valence-corrected chi connectivity index (χ2v) is 9.78. The van der Waals surface area contributed by atoms with E-state index in [1.807, 2.05) is 13.8 Å². The number of H-pyrrole nitrogens is 1. The van der Waals surface area contributed by atoms with E-state index in [9.17, 15) is 31.5 Å². The number of fused-ring (bicyclic) bond motifs is 1. The lowest BCUT2D eigenvalue weighted by Crippen LogP contribution is -2.24. The minimum Gasteiger partial charge on any atom is -0.360 e. The Balaban J connectivity index is 0.000000449. The molecule has 2 heterocycles. The van der Waals surface area contributed by atoms with Crippen molar-refractivity contribution in [3.8, 4) is 0 Å². The van der Waals surface area contributed by atoms with Crippen molar-refractivity contribution in [1.29, 1.82) is 0 Å². The van der Waals surface area contributed by atoms with E-state index in [0.717, 1.165) is 6.42 Å². The normalized spacial score (nSPS) is 15.1. The average Bonchev–Trinajstić information content (AvgIpc) is 3.51. The van der Waals surface area contributed by atoms with E-state index in [1.54, 1.807) is 18.2 Å². The first-order valence-electron chi connectivity index (χ1n) is 12.7. The molecule has 1 aliphatic rings. The topological polar surface area (TPSA) is 113 Å². The Hall–Kier alpha value is -3.51. The van der Waals surface area contributed by atoms with Crippen molar-refractivity contribution in [3.63, 3.8) is 0 Å². The Morgan fingerprint density at radius 1 is 1.10 bits per heavy atom. The largest absolute Gasteiger partial charge is 0.389 e. The summed E-state index contributed by atoms with van der Waals surface area (Å²) in [5, 5.41) is 8.90. The van der Waals surface area contributed by atoms with Gasteiger partial charge in [0.15, 0.2) is 5.76 Å². The van der Waals surface area contributed by atoms with Gasteiger partial charge in [0.2, 0.25) is 11.8 Å². The van der Waals surface area contributed by atoms with E-state index in [0.29, 0.717) is 46.6 Å². The first-order valence-corrected chi connectivity index (χ1v) is 12.7. The third-order valence-electron chi connectivity index (χ3n) is 6.09. The Labute approximate surface area is 222 Å². The summed E-state index contributed by atoms with van der Waals surface area (Å²) in [4.78, 5) is 31.4. The lowest BCUT2D eigenvalue weighted by Gasteiger charge is -2.20. The van der Waals surface area contributed by atoms with Gasteiger partial charge in [-0.15, -0.1) is 0 Å². The lowest BCUT2D eigenvalue weighted by atomic mass is 9.97. The van der Waals surface area contributed by atoms with Gasteiger partial charge in [0.05, 0.1) is 30.2 Å². The number of carbonyl (C=O) groups excluding carboxylic acids is 2. The molecule has 0 spiro atoms. The standard InChI is InChI=1S/C20H22F3N5O3.C6H10F2/c1-11(2)18-13(9-26-31-18)19(30)25-10-16-27-14-4-3-12(7-15(14)28-16)8-24-17(29)5-6-20(21,22)23;7-6(8)4-2-1-3-5-6/h3-4,7,9,11H,5-6,8,10H2,1-2H3,(H,24,29)(H,25,30)(H,27,28);1-5H2. The molecule has 0 bridgehead atoms. The van der Waals surface area contributed by atoms with Crippen molar-refractivity contribution in [2.24, 2.45) is 0 Å². The number of aromatic amines is 1. The molecule has 3 N–H and O–H groups in total. The van der Waals surface area contributed by atoms with E-state index < -0.39 is 30.8 Å². The maximum absolute atomic E-state index is 12.4. The van der Waals surface area contributed by atoms with Gasteiger partial charge >= 0.3 is 6.18 Å². The molecule has 0 aliphatic heterocycles. The van der Waals surface area contributed by atoms with Gasteiger partial charge in [-0.2, -0.15) is 13.2 Å². The van der Waals surface area contributed by atoms with Gasteiger partial charge in [0.1, 0.15) is 11.4 Å². The van der Waals surface area contributed by atoms with Gasteiger partial charge in [0.25, 0.3) is 5.91 Å². The third kappa shape index (κ3) is 9.63. The molecule has 0 atom stereocenters. The minimum absolute atomic E-state index is 0.0156. The Kier molecular flexibility index (Phi) is 10.0. The molecule has 8 nitrogen and oxygen atoms in total. The molecular formula is C26H32F5N5O3. The number of alkyl halides is 5. The first-order chi connectivity index (χ1) is 18.3. The van der Waals surface area contributed by atoms with Crippen LogP contribution in [-0.2, 0) is 17.9 Å². The number of nitrogens with zero attached hydrogens (tertiary/aromatic N) is 2. The molecule has 3 aromatic rings. The molecule has 0 radical (unpaired) electrons. The van der Waals surface area contributed by atoms with Crippen LogP contribution in [0.1, 0.15) is 92.2 Å². The van der Waals surface area contributed by atoms with Crippen LogP contribution in [0.5, 0.6) is 0 Å². The number of nitrogens with one attached hydrogen (secondary N) is 3. The van der Waals surface area contributed by atoms with E-state index in [1.165, 1.54) is 6.20 Å². The average molecular weight is 558 g/mol. The van der Waals surface area contributed by atoms with Crippen LogP contribution >= 0.6 is 0 Å². The van der Waals surface area contributed by atoms with Crippen molar-refractivity contribution < 1.29 is 36.1 Å². The molecule has 214 valence electrons. The SMILES string of the molecule is CC(C)c1oncc1C(=O)NCc1nc2ccc(CNC(=O)CCC(F)(F)F)cc2[nH]1.FC1(F)CCCCC1. The maximum atomic E-state index is 12.4. The highest BCUT2D eigenvalue weighted by Crippen LogP contribution is 2.32. The van der Waals surface area contributed by atoms with Crippen LogP contribution in [-0.4, -0.2) is 39.0 Å². The Morgan fingerprint density at radius 3 is 2.44 bits per heavy atom. The smallest absolute Gasteiger partial charge is 0.360 e. The van der Waals surface area contributed by atoms with E-state index in [2.05, 4.69) is 25.8 Å². The third-order valence-corrected chi connectivity index (χ3v) is 6.09. The molecule has 1 fully saturated rings. The highest BCUT2D eigenvalue weighted by Gasteiger charge is 2.30. The van der Waals surface area contributed by atoms with Gasteiger partial charge in [-0.05, 0) is 30.5 Å². The number of amides is 2. The van der Waals surface area contributed by atoms with Crippen LogP contribution in [0.15, 0.2) is 28.9 Å². The summed E-state index contributed by atoms with van der Waals surface area (Å²) in [6, 6.07) is 5.20. The van der Waals surface area contributed by atoms with E-state index in [4.69, 9.17) is 4.52 Å². The van der Waals surface area contributed by atoms with Crippen LogP contribution in [0.25, 0.3) is 11.0 Å². The van der Waals surface area contributed by atoms with Crippen molar-refractivity contribution in [2.75, 3.05) is 0 Å². The predicted octanol–water partition coefficient (Wildman–Crippen LogP) is 6.15. The molecule has 13 heteroatoms. The zero-order valence-electron chi connectivity index (χ0n) is 21.8. The van der Waals surface area contributed by atoms with Gasteiger partial charge in [-0.3, -0.25) is 9.59 Å². The van der Waals surface area contributed by atoms with Crippen molar-refractivity contribution >= 4 is 22.8 Å². The summed E-state index contributed by atoms with van der Waals surface area (Å²) in [5.74, 6) is -2.27. The predicted molar refractivity (Wildman–Crippen MR) is 133 cm³/mol. The molecule has 1 aliphatic carbocycles. The summed E-state index contributed by atoms with van der Waals surface area (Å²) < 4.78 is 66.1. The van der Waals surface area contributed by atoms with Gasteiger partial charge in [-0.25, -0.2) is 13.8 Å². The van der Waals surface area contributed by atoms with Crippen LogP contribution < -0.4 is 10.6 Å². The molecule has 2 amide bonds. The molecule has 1 saturated carbocycles. The number of imidazole rings is 1. The summed E-state index contributed by atoms with van der Waals surface area (Å²) in [7, 11) is 0. The fourth-order valence-electron chi connectivity index (χ4n) is 4.01. The fourth-order valence-corrected chi connectivity index (χ4v) is 4.01. The zero-order chi connectivity index (χ0) is 28.6. The van der Waals surface area contributed by atoms with Crippen LogP contribution in [0.4, 0.5) is 22.0 Å². The van der Waals surface area contributed by atoms with Gasteiger partial charge < -0.3 is 20.1 Å². The maximum Gasteiger partial charge on any atom is 0.389 e. The summed E-state index contributed by atoms with van der Waals surface area (Å²) >= 11 is 0. The highest BCUT2D eigenvalue weighted by atomic mass is 19.4. The number of halogens is 5. The summed E-state index contributed by atoms with van der Waals surface area (Å²) in [5.41, 5.74) is 2.41. The molecule has 39 heavy (non-hydrogen) atoms. The number of carbonyl (C=O) groups is 2. The van der Waals surface area contributed by atoms with Crippen molar-refractivity contribution in [3.05, 3.63) is 47.1 Å². The number of aromatic nitrogens is 3. The Bertz CT molecular complexity index is 1240. The first kappa shape index (κ1) is 30.0. The molecule has 4 rings (SSSR count). The lowest BCUT2D eigenvalue weighted by molar-refractivity contribution is -0.144. The van der Waals surface area contributed by atoms with Crippen molar-refractivity contribution in [2.45, 2.75) is 89.9 Å². The highest BCUT2D eigenvalue weighted by molar-refractivity contribution is 5.94. The van der Waals surface area contributed by atoms with Crippen LogP contribution in [0.2, 0.25) is 0 Å². The molecule has 0 unspecified atom stereocenters. The Morgan fingerprint density at radius 2 is 1.82 bits per heavy atom. The summed E-state index contributed by atoms with van der Waals surface area (Å²) in [6.45, 7) is 4.04. The molecule has 2 aromatic heterocycles. The second kappa shape index (κ2) is 13.0. The monoisotopic (exact) mass is 557 g/mol. The van der Waals surface area contributed by atoms with E-state index in [-0.39, 0.29) is 37.8 Å². The summed E-state index contributed by atoms with van der Waals surface area (Å²) in [6.07, 6.45) is -2.08. The van der Waals surface area contributed by atoms with E-state index >= 15 is 0 Å².